The van der Waals surface area contributed by atoms with Crippen LogP contribution in [0.25, 0.3) is 21.9 Å². The fraction of sp³-hybridized carbons (Fsp3) is 0.278. The maximum Gasteiger partial charge on any atom is 0.279 e. The topological polar surface area (TPSA) is 46.7 Å². The highest BCUT2D eigenvalue weighted by Gasteiger charge is 2.19. The van der Waals surface area contributed by atoms with Crippen LogP contribution in [0.1, 0.15) is 12.8 Å². The van der Waals surface area contributed by atoms with Gasteiger partial charge >= 0.3 is 0 Å². The van der Waals surface area contributed by atoms with Crippen LogP contribution in [0.3, 0.4) is 0 Å². The number of para-hydroxylation sites is 1. The van der Waals surface area contributed by atoms with E-state index in [0.29, 0.717) is 6.54 Å². The molecule has 0 unspecified atom stereocenters. The van der Waals surface area contributed by atoms with Crippen LogP contribution >= 0.6 is 0 Å². The third-order valence-corrected chi connectivity index (χ3v) is 4.38. The summed E-state index contributed by atoms with van der Waals surface area (Å²) in [6.45, 7) is 2.78. The maximum atomic E-state index is 12.2. The molecular weight excluding hydrogens is 276 g/mol. The van der Waals surface area contributed by atoms with E-state index >= 15 is 0 Å². The molecule has 4 rings (SSSR count). The van der Waals surface area contributed by atoms with Crippen molar-refractivity contribution in [1.82, 2.24) is 0 Å². The molecule has 1 amide bonds. The first kappa shape index (κ1) is 13.3. The fourth-order valence-electron chi connectivity index (χ4n) is 3.29. The molecule has 4 heteroatoms. The summed E-state index contributed by atoms with van der Waals surface area (Å²) in [5.74, 6) is 0.0871. The van der Waals surface area contributed by atoms with E-state index in [1.54, 1.807) is 0 Å². The van der Waals surface area contributed by atoms with Crippen LogP contribution in [0, 0.1) is 0 Å². The zero-order valence-electron chi connectivity index (χ0n) is 12.4. The molecule has 1 fully saturated rings. The van der Waals surface area contributed by atoms with E-state index in [1.807, 2.05) is 42.5 Å². The number of carbonyl (C=O) groups is 1. The summed E-state index contributed by atoms with van der Waals surface area (Å²) >= 11 is 0. The Bertz CT molecular complexity index is 831. The highest BCUT2D eigenvalue weighted by atomic mass is 16.3. The Balaban J connectivity index is 1.59. The first-order valence-electron chi connectivity index (χ1n) is 7.84. The number of furan rings is 1. The van der Waals surface area contributed by atoms with Crippen LogP contribution < -0.4 is 10.2 Å². The summed E-state index contributed by atoms with van der Waals surface area (Å²) in [5, 5.41) is 5.14. The van der Waals surface area contributed by atoms with E-state index in [9.17, 15) is 4.79 Å². The van der Waals surface area contributed by atoms with Gasteiger partial charge in [0.25, 0.3) is 5.91 Å². The Morgan fingerprint density at radius 2 is 1.82 bits per heavy atom. The monoisotopic (exact) mass is 295 g/mol. The van der Waals surface area contributed by atoms with Gasteiger partial charge in [-0.3, -0.25) is 4.79 Å². The maximum absolute atomic E-state index is 12.2. The molecule has 22 heavy (non-hydrogen) atoms. The molecule has 0 radical (unpaired) electrons. The van der Waals surface area contributed by atoms with E-state index in [2.05, 4.69) is 5.32 Å². The summed E-state index contributed by atoms with van der Waals surface area (Å²) < 4.78 is 5.80. The second-order valence-corrected chi connectivity index (χ2v) is 5.99. The van der Waals surface area contributed by atoms with Gasteiger partial charge < -0.3 is 14.6 Å². The second-order valence-electron chi connectivity index (χ2n) is 5.99. The lowest BCUT2D eigenvalue weighted by Crippen LogP contribution is -3.11. The predicted molar refractivity (Wildman–Crippen MR) is 87.1 cm³/mol. The predicted octanol–water partition coefficient (Wildman–Crippen LogP) is 2.20. The Kier molecular flexibility index (Phi) is 3.31. The zero-order valence-corrected chi connectivity index (χ0v) is 12.4. The molecule has 2 aromatic carbocycles. The molecule has 1 aromatic heterocycles. The number of likely N-dealkylation sites (tertiary alicyclic amines) is 1. The van der Waals surface area contributed by atoms with E-state index in [0.717, 1.165) is 40.7 Å². The first-order valence-corrected chi connectivity index (χ1v) is 7.84. The molecule has 2 N–H and O–H groups in total. The molecule has 112 valence electrons. The first-order chi connectivity index (χ1) is 10.8. The van der Waals surface area contributed by atoms with Gasteiger partial charge in [-0.05, 0) is 24.3 Å². The van der Waals surface area contributed by atoms with Crippen molar-refractivity contribution in [3.05, 3.63) is 42.5 Å². The van der Waals surface area contributed by atoms with E-state index in [4.69, 9.17) is 4.42 Å². The summed E-state index contributed by atoms with van der Waals surface area (Å²) in [5.41, 5.74) is 2.56. The van der Waals surface area contributed by atoms with Crippen molar-refractivity contribution in [2.24, 2.45) is 0 Å². The van der Waals surface area contributed by atoms with Gasteiger partial charge in [0.1, 0.15) is 11.2 Å². The van der Waals surface area contributed by atoms with E-state index in [-0.39, 0.29) is 5.91 Å². The molecule has 1 saturated heterocycles. The molecular formula is C18H19N2O2+. The highest BCUT2D eigenvalue weighted by Crippen LogP contribution is 2.30. The molecule has 0 bridgehead atoms. The second kappa shape index (κ2) is 5.46. The largest absolute Gasteiger partial charge is 0.456 e. The number of carbonyl (C=O) groups excluding carboxylic acids is 1. The van der Waals surface area contributed by atoms with Gasteiger partial charge in [0.05, 0.1) is 13.1 Å². The normalized spacial score (nSPS) is 15.6. The average Bonchev–Trinajstić information content (AvgIpc) is 3.14. The van der Waals surface area contributed by atoms with Gasteiger partial charge in [-0.2, -0.15) is 0 Å². The van der Waals surface area contributed by atoms with Crippen molar-refractivity contribution >= 4 is 33.5 Å². The summed E-state index contributed by atoms with van der Waals surface area (Å²) in [4.78, 5) is 13.5. The minimum absolute atomic E-state index is 0.0871. The summed E-state index contributed by atoms with van der Waals surface area (Å²) in [6, 6.07) is 13.8. The van der Waals surface area contributed by atoms with Gasteiger partial charge in [0.2, 0.25) is 0 Å². The lowest BCUT2D eigenvalue weighted by Gasteiger charge is -2.11. The lowest BCUT2D eigenvalue weighted by atomic mass is 10.1. The van der Waals surface area contributed by atoms with Crippen LogP contribution in [-0.4, -0.2) is 25.5 Å². The fourth-order valence-corrected chi connectivity index (χ4v) is 3.29. The number of nitrogens with one attached hydrogen (secondary N) is 2. The van der Waals surface area contributed by atoms with Crippen molar-refractivity contribution < 1.29 is 14.1 Å². The molecule has 0 atom stereocenters. The SMILES string of the molecule is O=C(C[NH+]1CCCC1)Nc1ccc2oc3ccccc3c2c1. The van der Waals surface area contributed by atoms with Crippen molar-refractivity contribution in [3.63, 3.8) is 0 Å². The molecule has 3 aromatic rings. The Morgan fingerprint density at radius 1 is 1.05 bits per heavy atom. The van der Waals surface area contributed by atoms with Crippen LogP contribution in [0.2, 0.25) is 0 Å². The Hall–Kier alpha value is -2.33. The molecule has 0 spiro atoms. The smallest absolute Gasteiger partial charge is 0.279 e. The summed E-state index contributed by atoms with van der Waals surface area (Å²) in [6.07, 6.45) is 2.46. The van der Waals surface area contributed by atoms with Gasteiger partial charge in [0.15, 0.2) is 6.54 Å². The van der Waals surface area contributed by atoms with E-state index < -0.39 is 0 Å². The number of rotatable bonds is 3. The Labute approximate surface area is 128 Å². The summed E-state index contributed by atoms with van der Waals surface area (Å²) in [7, 11) is 0. The van der Waals surface area contributed by atoms with Gasteiger partial charge in [0, 0.05) is 29.3 Å². The van der Waals surface area contributed by atoms with Crippen molar-refractivity contribution in [3.8, 4) is 0 Å². The standard InChI is InChI=1S/C18H18N2O2/c21-18(12-20-9-3-4-10-20)19-13-7-8-17-15(11-13)14-5-1-2-6-16(14)22-17/h1-2,5-8,11H,3-4,9-10,12H2,(H,19,21)/p+1. The number of fused-ring (bicyclic) bond motifs is 3. The minimum Gasteiger partial charge on any atom is -0.456 e. The third-order valence-electron chi connectivity index (χ3n) is 4.38. The molecule has 1 aliphatic heterocycles. The number of amides is 1. The van der Waals surface area contributed by atoms with Gasteiger partial charge in [-0.25, -0.2) is 0 Å². The Morgan fingerprint density at radius 3 is 2.68 bits per heavy atom. The molecule has 0 aliphatic carbocycles. The molecule has 1 aliphatic rings. The lowest BCUT2D eigenvalue weighted by molar-refractivity contribution is -0.878. The van der Waals surface area contributed by atoms with Crippen LogP contribution in [0.4, 0.5) is 5.69 Å². The number of hydrogen-bond donors (Lipinski definition) is 2. The molecule has 2 heterocycles. The van der Waals surface area contributed by atoms with Crippen LogP contribution in [0.15, 0.2) is 46.9 Å². The zero-order chi connectivity index (χ0) is 14.9. The number of hydrogen-bond acceptors (Lipinski definition) is 2. The van der Waals surface area contributed by atoms with Crippen LogP contribution in [0.5, 0.6) is 0 Å². The minimum atomic E-state index is 0.0871. The van der Waals surface area contributed by atoms with Crippen molar-refractivity contribution in [2.75, 3.05) is 25.0 Å². The quantitative estimate of drug-likeness (QED) is 0.778. The van der Waals surface area contributed by atoms with Crippen LogP contribution in [-0.2, 0) is 4.79 Å². The molecule has 0 saturated carbocycles. The van der Waals surface area contributed by atoms with Crippen molar-refractivity contribution in [1.29, 1.82) is 0 Å². The molecule has 4 nitrogen and oxygen atoms in total. The van der Waals surface area contributed by atoms with Crippen molar-refractivity contribution in [2.45, 2.75) is 12.8 Å². The number of anilines is 1. The van der Waals surface area contributed by atoms with Gasteiger partial charge in [-0.15, -0.1) is 0 Å². The highest BCUT2D eigenvalue weighted by molar-refractivity contribution is 6.06. The third kappa shape index (κ3) is 2.46. The number of benzene rings is 2. The van der Waals surface area contributed by atoms with Gasteiger partial charge in [-0.1, -0.05) is 18.2 Å². The average molecular weight is 295 g/mol. The number of quaternary nitrogens is 1. The van der Waals surface area contributed by atoms with E-state index in [1.165, 1.54) is 17.7 Å².